The quantitative estimate of drug-likeness (QED) is 0.419. The Morgan fingerprint density at radius 2 is 2.26 bits per heavy atom. The zero-order chi connectivity index (χ0) is 13.5. The first-order chi connectivity index (χ1) is 9.31. The van der Waals surface area contributed by atoms with E-state index < -0.39 is 0 Å². The summed E-state index contributed by atoms with van der Waals surface area (Å²) in [4.78, 5) is 23.0. The van der Waals surface area contributed by atoms with Gasteiger partial charge in [-0.15, -0.1) is 11.3 Å². The molecular weight excluding hydrogens is 262 g/mol. The molecule has 2 rings (SSSR count). The van der Waals surface area contributed by atoms with Gasteiger partial charge in [0.1, 0.15) is 12.0 Å². The molecule has 0 aliphatic heterocycles. The summed E-state index contributed by atoms with van der Waals surface area (Å²) in [6, 6.07) is 5.55. The number of aldehydes is 1. The summed E-state index contributed by atoms with van der Waals surface area (Å²) in [7, 11) is 0. The lowest BCUT2D eigenvalue weighted by molar-refractivity contribution is -0.107. The van der Waals surface area contributed by atoms with Crippen molar-refractivity contribution in [2.45, 2.75) is 32.1 Å². The van der Waals surface area contributed by atoms with Crippen LogP contribution in [-0.4, -0.2) is 17.2 Å². The molecule has 5 heteroatoms. The van der Waals surface area contributed by atoms with E-state index in [1.807, 2.05) is 17.5 Å². The van der Waals surface area contributed by atoms with Gasteiger partial charge in [-0.2, -0.15) is 0 Å². The zero-order valence-electron chi connectivity index (χ0n) is 10.5. The predicted molar refractivity (Wildman–Crippen MR) is 73.3 cm³/mol. The maximum absolute atomic E-state index is 11.9. The molecular formula is C14H15NO3S. The summed E-state index contributed by atoms with van der Waals surface area (Å²) in [5, 5.41) is 5.76. The van der Waals surface area contributed by atoms with E-state index in [1.165, 1.54) is 0 Å². The van der Waals surface area contributed by atoms with Crippen molar-refractivity contribution in [3.63, 3.8) is 0 Å². The number of rotatable bonds is 8. The number of hydrogen-bond acceptors (Lipinski definition) is 5. The van der Waals surface area contributed by atoms with Crippen LogP contribution in [-0.2, 0) is 4.79 Å². The molecule has 2 heterocycles. The van der Waals surface area contributed by atoms with E-state index in [0.717, 1.165) is 30.4 Å². The van der Waals surface area contributed by atoms with Gasteiger partial charge in [-0.1, -0.05) is 17.6 Å². The standard InChI is InChI=1S/C14H15NO3S/c16-8-4-2-1-3-6-12(17)11-10-13(18-15-11)14-7-5-9-19-14/h5,7-10H,1-4,6H2. The van der Waals surface area contributed by atoms with Gasteiger partial charge >= 0.3 is 0 Å². The van der Waals surface area contributed by atoms with Crippen molar-refractivity contribution >= 4 is 23.4 Å². The molecule has 2 aromatic rings. The fraction of sp³-hybridized carbons (Fsp3) is 0.357. The van der Waals surface area contributed by atoms with E-state index in [2.05, 4.69) is 5.16 Å². The lowest BCUT2D eigenvalue weighted by atomic mass is 10.1. The van der Waals surface area contributed by atoms with Crippen LogP contribution in [0.25, 0.3) is 10.6 Å². The van der Waals surface area contributed by atoms with Crippen LogP contribution in [0.5, 0.6) is 0 Å². The number of thiophene rings is 1. The third-order valence-electron chi connectivity index (χ3n) is 2.79. The summed E-state index contributed by atoms with van der Waals surface area (Å²) in [6.45, 7) is 0. The molecule has 0 aromatic carbocycles. The van der Waals surface area contributed by atoms with Crippen LogP contribution in [0.2, 0.25) is 0 Å². The van der Waals surface area contributed by atoms with Gasteiger partial charge in [-0.25, -0.2) is 0 Å². The van der Waals surface area contributed by atoms with Gasteiger partial charge in [0.05, 0.1) is 4.88 Å². The minimum Gasteiger partial charge on any atom is -0.355 e. The topological polar surface area (TPSA) is 60.2 Å². The Morgan fingerprint density at radius 3 is 3.00 bits per heavy atom. The maximum atomic E-state index is 11.9. The summed E-state index contributed by atoms with van der Waals surface area (Å²) in [6.07, 6.45) is 4.45. The van der Waals surface area contributed by atoms with E-state index >= 15 is 0 Å². The molecule has 0 saturated carbocycles. The van der Waals surface area contributed by atoms with Gasteiger partial charge < -0.3 is 9.32 Å². The van der Waals surface area contributed by atoms with Crippen molar-refractivity contribution < 1.29 is 14.1 Å². The molecule has 0 fully saturated rings. The van der Waals surface area contributed by atoms with Gasteiger partial charge in [-0.05, 0) is 24.3 Å². The van der Waals surface area contributed by atoms with Crippen LogP contribution in [0.1, 0.15) is 42.6 Å². The lowest BCUT2D eigenvalue weighted by Crippen LogP contribution is -1.98. The molecule has 19 heavy (non-hydrogen) atoms. The second-order valence-electron chi connectivity index (χ2n) is 4.24. The molecule has 0 radical (unpaired) electrons. The van der Waals surface area contributed by atoms with Gasteiger partial charge in [0.15, 0.2) is 11.5 Å². The molecule has 0 aliphatic carbocycles. The van der Waals surface area contributed by atoms with Crippen LogP contribution in [0.15, 0.2) is 28.1 Å². The third-order valence-corrected chi connectivity index (χ3v) is 3.67. The second-order valence-corrected chi connectivity index (χ2v) is 5.19. The summed E-state index contributed by atoms with van der Waals surface area (Å²) in [5.74, 6) is 0.636. The van der Waals surface area contributed by atoms with E-state index in [1.54, 1.807) is 17.4 Å². The number of ketones is 1. The van der Waals surface area contributed by atoms with Gasteiger partial charge in [0, 0.05) is 18.9 Å². The average molecular weight is 277 g/mol. The molecule has 0 aliphatic rings. The molecule has 4 nitrogen and oxygen atoms in total. The normalized spacial score (nSPS) is 10.5. The SMILES string of the molecule is O=CCCCCCC(=O)c1cc(-c2cccs2)on1. The number of Topliss-reactive ketones (excluding diaryl/α,β-unsaturated/α-hetero) is 1. The Hall–Kier alpha value is -1.75. The van der Waals surface area contributed by atoms with Gasteiger partial charge in [0.2, 0.25) is 0 Å². The Labute approximate surface area is 115 Å². The van der Waals surface area contributed by atoms with Gasteiger partial charge in [-0.3, -0.25) is 4.79 Å². The first-order valence-corrected chi connectivity index (χ1v) is 7.16. The Balaban J connectivity index is 1.84. The van der Waals surface area contributed by atoms with Gasteiger partial charge in [0.25, 0.3) is 0 Å². The molecule has 0 saturated heterocycles. The predicted octanol–water partition coefficient (Wildman–Crippen LogP) is 3.74. The minimum absolute atomic E-state index is 0.00217. The number of aromatic nitrogens is 1. The smallest absolute Gasteiger partial charge is 0.184 e. The maximum Gasteiger partial charge on any atom is 0.184 e. The van der Waals surface area contributed by atoms with Crippen LogP contribution in [0.3, 0.4) is 0 Å². The van der Waals surface area contributed by atoms with Crippen molar-refractivity contribution in [1.82, 2.24) is 5.16 Å². The fourth-order valence-corrected chi connectivity index (χ4v) is 2.43. The van der Waals surface area contributed by atoms with E-state index in [0.29, 0.717) is 24.3 Å². The average Bonchev–Trinajstić information content (AvgIpc) is 3.08. The first kappa shape index (κ1) is 13.7. The molecule has 0 N–H and O–H groups in total. The Morgan fingerprint density at radius 1 is 1.37 bits per heavy atom. The van der Waals surface area contributed by atoms with Crippen molar-refractivity contribution in [1.29, 1.82) is 0 Å². The highest BCUT2D eigenvalue weighted by atomic mass is 32.1. The van der Waals surface area contributed by atoms with Crippen LogP contribution in [0.4, 0.5) is 0 Å². The Kier molecular flexibility index (Phi) is 5.03. The highest BCUT2D eigenvalue weighted by molar-refractivity contribution is 7.13. The fourth-order valence-electron chi connectivity index (χ4n) is 1.76. The number of unbranched alkanes of at least 4 members (excludes halogenated alkanes) is 3. The molecule has 0 unspecified atom stereocenters. The Bertz CT molecular complexity index is 531. The number of hydrogen-bond donors (Lipinski definition) is 0. The molecule has 100 valence electrons. The number of nitrogens with zero attached hydrogens (tertiary/aromatic N) is 1. The van der Waals surface area contributed by atoms with Crippen LogP contribution in [0, 0.1) is 0 Å². The number of carbonyl (C=O) groups excluding carboxylic acids is 2. The van der Waals surface area contributed by atoms with E-state index in [9.17, 15) is 9.59 Å². The van der Waals surface area contributed by atoms with Crippen LogP contribution < -0.4 is 0 Å². The first-order valence-electron chi connectivity index (χ1n) is 6.28. The van der Waals surface area contributed by atoms with Crippen molar-refractivity contribution in [3.05, 3.63) is 29.3 Å². The van der Waals surface area contributed by atoms with Crippen molar-refractivity contribution in [2.75, 3.05) is 0 Å². The number of carbonyl (C=O) groups is 2. The molecule has 0 atom stereocenters. The van der Waals surface area contributed by atoms with Crippen molar-refractivity contribution in [2.24, 2.45) is 0 Å². The second kappa shape index (κ2) is 6.99. The highest BCUT2D eigenvalue weighted by Crippen LogP contribution is 2.25. The van der Waals surface area contributed by atoms with Crippen LogP contribution >= 0.6 is 11.3 Å². The van der Waals surface area contributed by atoms with E-state index in [4.69, 9.17) is 4.52 Å². The minimum atomic E-state index is -0.00217. The molecule has 0 amide bonds. The summed E-state index contributed by atoms with van der Waals surface area (Å²) >= 11 is 1.55. The monoisotopic (exact) mass is 277 g/mol. The largest absolute Gasteiger partial charge is 0.355 e. The lowest BCUT2D eigenvalue weighted by Gasteiger charge is -1.96. The third kappa shape index (κ3) is 3.86. The molecule has 0 spiro atoms. The summed E-state index contributed by atoms with van der Waals surface area (Å²) < 4.78 is 5.17. The molecule has 2 aromatic heterocycles. The molecule has 0 bridgehead atoms. The van der Waals surface area contributed by atoms with Crippen molar-refractivity contribution in [3.8, 4) is 10.6 Å². The van der Waals surface area contributed by atoms with E-state index in [-0.39, 0.29) is 5.78 Å². The summed E-state index contributed by atoms with van der Waals surface area (Å²) in [5.41, 5.74) is 0.388. The highest BCUT2D eigenvalue weighted by Gasteiger charge is 2.13. The zero-order valence-corrected chi connectivity index (χ0v) is 11.3.